The maximum atomic E-state index is 10.8. The van der Waals surface area contributed by atoms with Crippen molar-refractivity contribution < 1.29 is 9.52 Å². The van der Waals surface area contributed by atoms with E-state index in [4.69, 9.17) is 50.8 Å². The van der Waals surface area contributed by atoms with E-state index in [0.29, 0.717) is 22.8 Å². The molecule has 0 unspecified atom stereocenters. The van der Waals surface area contributed by atoms with Crippen LogP contribution < -0.4 is 21.9 Å². The summed E-state index contributed by atoms with van der Waals surface area (Å²) in [4.78, 5) is 14.8. The quantitative estimate of drug-likeness (QED) is 0.199. The van der Waals surface area contributed by atoms with Crippen molar-refractivity contribution in [3.8, 4) is 73.3 Å². The zero-order valence-electron chi connectivity index (χ0n) is 28.9. The Hall–Kier alpha value is -6.59. The molecule has 8 radical (unpaired) electrons. The predicted molar refractivity (Wildman–Crippen MR) is 223 cm³/mol. The van der Waals surface area contributed by atoms with E-state index >= 15 is 0 Å². The van der Waals surface area contributed by atoms with Gasteiger partial charge in [0.1, 0.15) is 48.3 Å². The molecule has 1 N–H and O–H groups in total. The number of phenolic OH excluding ortho intramolecular Hbond substituents is 1. The SMILES string of the molecule is [B]c1c([B])c(O)c([B])c(-c2nc(-c3ccc(-c4ccccc4)cc3)nc(-c3cccc4oc5c(-c6ccc(-c7ccccc7)cc6)cccc5c34)n2)c1[B]. The summed E-state index contributed by atoms with van der Waals surface area (Å²) in [6, 6.07) is 48.7. The van der Waals surface area contributed by atoms with E-state index < -0.39 is 0 Å². The fourth-order valence-electron chi connectivity index (χ4n) is 6.97. The van der Waals surface area contributed by atoms with Crippen molar-refractivity contribution in [1.29, 1.82) is 0 Å². The van der Waals surface area contributed by atoms with E-state index in [1.54, 1.807) is 0 Å². The second kappa shape index (κ2) is 13.4. The van der Waals surface area contributed by atoms with Gasteiger partial charge < -0.3 is 9.52 Å². The molecule has 9 heteroatoms. The van der Waals surface area contributed by atoms with Gasteiger partial charge in [0.2, 0.25) is 0 Å². The highest BCUT2D eigenvalue weighted by Gasteiger charge is 2.22. The van der Waals surface area contributed by atoms with Gasteiger partial charge in [0.05, 0.1) is 0 Å². The fourth-order valence-corrected chi connectivity index (χ4v) is 6.97. The van der Waals surface area contributed by atoms with Crippen LogP contribution in [0, 0.1) is 0 Å². The number of aromatic hydroxyl groups is 1. The van der Waals surface area contributed by atoms with Gasteiger partial charge in [0, 0.05) is 33.0 Å². The summed E-state index contributed by atoms with van der Waals surface area (Å²) >= 11 is 0. The van der Waals surface area contributed by atoms with E-state index in [1.807, 2.05) is 91.0 Å². The van der Waals surface area contributed by atoms with E-state index in [9.17, 15) is 5.11 Å². The maximum absolute atomic E-state index is 10.8. The number of phenols is 1. The molecule has 2 heterocycles. The Morgan fingerprint density at radius 1 is 0.407 bits per heavy atom. The van der Waals surface area contributed by atoms with Crippen molar-refractivity contribution in [1.82, 2.24) is 15.0 Å². The fraction of sp³-hybridized carbons (Fsp3) is 0. The molecule has 2 aromatic heterocycles. The number of furan rings is 1. The van der Waals surface area contributed by atoms with Crippen molar-refractivity contribution in [2.24, 2.45) is 0 Å². The molecule has 244 valence electrons. The number of aromatic nitrogens is 3. The van der Waals surface area contributed by atoms with Gasteiger partial charge in [0.15, 0.2) is 17.5 Å². The minimum Gasteiger partial charge on any atom is -0.509 e. The molecule has 9 aromatic rings. The number of hydrogen-bond donors (Lipinski definition) is 1. The third kappa shape index (κ3) is 5.69. The summed E-state index contributed by atoms with van der Waals surface area (Å²) in [5, 5.41) is 12.6. The molecule has 5 nitrogen and oxygen atoms in total. The average molecular weight is 683 g/mol. The Bertz CT molecular complexity index is 2830. The first-order chi connectivity index (χ1) is 26.4. The molecular formula is C45H25B4N3O2. The molecule has 0 aliphatic rings. The Labute approximate surface area is 317 Å². The first-order valence-corrected chi connectivity index (χ1v) is 17.3. The number of rotatable bonds is 6. The van der Waals surface area contributed by atoms with Gasteiger partial charge in [-0.3, -0.25) is 0 Å². The smallest absolute Gasteiger partial charge is 0.164 e. The molecule has 0 atom stereocenters. The van der Waals surface area contributed by atoms with E-state index in [-0.39, 0.29) is 39.0 Å². The predicted octanol–water partition coefficient (Wildman–Crippen LogP) is 6.65. The lowest BCUT2D eigenvalue weighted by atomic mass is 9.66. The summed E-state index contributed by atoms with van der Waals surface area (Å²) in [6.45, 7) is 0. The van der Waals surface area contributed by atoms with Crippen molar-refractivity contribution in [2.45, 2.75) is 0 Å². The van der Waals surface area contributed by atoms with Crippen LogP contribution in [-0.2, 0) is 0 Å². The van der Waals surface area contributed by atoms with Gasteiger partial charge in [-0.05, 0) is 39.3 Å². The summed E-state index contributed by atoms with van der Waals surface area (Å²) in [7, 11) is 25.2. The number of benzene rings is 7. The number of fused-ring (bicyclic) bond motifs is 3. The Morgan fingerprint density at radius 2 is 0.926 bits per heavy atom. The van der Waals surface area contributed by atoms with Crippen LogP contribution >= 0.6 is 0 Å². The van der Waals surface area contributed by atoms with Gasteiger partial charge in [-0.25, -0.2) is 15.0 Å². The number of hydrogen-bond acceptors (Lipinski definition) is 5. The first kappa shape index (κ1) is 33.3. The van der Waals surface area contributed by atoms with Gasteiger partial charge in [-0.2, -0.15) is 0 Å². The summed E-state index contributed by atoms with van der Waals surface area (Å²) < 4.78 is 6.61. The van der Waals surface area contributed by atoms with E-state index in [1.165, 1.54) is 0 Å². The standard InChI is InChI=1S/C45H25B4N3O2/c46-37-36(38(47)41(53)40(49)39(37)48)45-51-43(30-23-19-28(20-24-30)26-11-5-2-6-12-26)50-44(52-45)33-15-8-16-34-35(33)32-14-7-13-31(42(32)54-34)29-21-17-27(18-22-29)25-9-3-1-4-10-25/h1-24,53H. The molecule has 0 spiro atoms. The minimum atomic E-state index is -0.389. The van der Waals surface area contributed by atoms with E-state index in [0.717, 1.165) is 55.3 Å². The van der Waals surface area contributed by atoms with Crippen LogP contribution in [0.1, 0.15) is 0 Å². The average Bonchev–Trinajstić information content (AvgIpc) is 3.62. The van der Waals surface area contributed by atoms with Crippen LogP contribution in [0.5, 0.6) is 5.75 Å². The largest absolute Gasteiger partial charge is 0.509 e. The van der Waals surface area contributed by atoms with Crippen LogP contribution in [0.25, 0.3) is 89.5 Å². The highest BCUT2D eigenvalue weighted by molar-refractivity contribution is 6.62. The topological polar surface area (TPSA) is 72.0 Å². The van der Waals surface area contributed by atoms with Gasteiger partial charge in [0.25, 0.3) is 0 Å². The van der Waals surface area contributed by atoms with Gasteiger partial charge in [-0.1, -0.05) is 150 Å². The molecule has 0 bridgehead atoms. The monoisotopic (exact) mass is 683 g/mol. The Kier molecular flexibility index (Phi) is 8.27. The third-order valence-electron chi connectivity index (χ3n) is 9.81. The van der Waals surface area contributed by atoms with Crippen LogP contribution in [0.2, 0.25) is 0 Å². The molecule has 0 fully saturated rings. The third-order valence-corrected chi connectivity index (χ3v) is 9.81. The number of para-hydroxylation sites is 1. The minimum absolute atomic E-state index is 0.0142. The first-order valence-electron chi connectivity index (χ1n) is 17.3. The van der Waals surface area contributed by atoms with Gasteiger partial charge in [-0.15, -0.1) is 5.46 Å². The van der Waals surface area contributed by atoms with Crippen molar-refractivity contribution in [3.05, 3.63) is 146 Å². The zero-order valence-corrected chi connectivity index (χ0v) is 28.9. The zero-order chi connectivity index (χ0) is 36.9. The second-order valence-corrected chi connectivity index (χ2v) is 13.0. The lowest BCUT2D eigenvalue weighted by Crippen LogP contribution is -2.44. The summed E-state index contributed by atoms with van der Waals surface area (Å²) in [5.41, 5.74) is 9.24. The van der Waals surface area contributed by atoms with Crippen molar-refractivity contribution >= 4 is 75.2 Å². The molecule has 0 saturated carbocycles. The lowest BCUT2D eigenvalue weighted by Gasteiger charge is -2.19. The van der Waals surface area contributed by atoms with Crippen LogP contribution in [0.4, 0.5) is 0 Å². The molecule has 0 saturated heterocycles. The van der Waals surface area contributed by atoms with E-state index in [2.05, 4.69) is 54.6 Å². The second-order valence-electron chi connectivity index (χ2n) is 13.0. The Balaban J connectivity index is 1.23. The molecular weight excluding hydrogens is 658 g/mol. The maximum Gasteiger partial charge on any atom is 0.164 e. The van der Waals surface area contributed by atoms with Gasteiger partial charge >= 0.3 is 0 Å². The van der Waals surface area contributed by atoms with Crippen LogP contribution in [-0.4, -0.2) is 51.4 Å². The van der Waals surface area contributed by atoms with Crippen LogP contribution in [0.15, 0.2) is 150 Å². The molecule has 54 heavy (non-hydrogen) atoms. The van der Waals surface area contributed by atoms with Crippen molar-refractivity contribution in [2.75, 3.05) is 0 Å². The molecule has 0 amide bonds. The molecule has 7 aromatic carbocycles. The summed E-state index contributed by atoms with van der Waals surface area (Å²) in [5.74, 6) is 0.455. The highest BCUT2D eigenvalue weighted by Crippen LogP contribution is 2.40. The van der Waals surface area contributed by atoms with Crippen molar-refractivity contribution in [3.63, 3.8) is 0 Å². The molecule has 0 aliphatic carbocycles. The summed E-state index contributed by atoms with van der Waals surface area (Å²) in [6.07, 6.45) is 0. The molecule has 9 rings (SSSR count). The highest BCUT2D eigenvalue weighted by atomic mass is 16.3. The molecule has 0 aliphatic heterocycles. The van der Waals surface area contributed by atoms with Crippen LogP contribution in [0.3, 0.4) is 0 Å². The lowest BCUT2D eigenvalue weighted by molar-refractivity contribution is 0.484. The Morgan fingerprint density at radius 3 is 1.57 bits per heavy atom. The number of nitrogens with zero attached hydrogens (tertiary/aromatic N) is 3. The normalized spacial score (nSPS) is 11.3.